The van der Waals surface area contributed by atoms with E-state index in [4.69, 9.17) is 15.4 Å². The van der Waals surface area contributed by atoms with Gasteiger partial charge in [-0.25, -0.2) is 4.18 Å². The summed E-state index contributed by atoms with van der Waals surface area (Å²) in [5.41, 5.74) is 5.11. The largest absolute Gasteiger partial charge is 0.397 e. The van der Waals surface area contributed by atoms with Gasteiger partial charge in [-0.15, -0.1) is 0 Å². The Balaban J connectivity index is -0.000000557. The molecule has 0 spiro atoms. The van der Waals surface area contributed by atoms with Crippen molar-refractivity contribution in [2.45, 2.75) is 144 Å². The summed E-state index contributed by atoms with van der Waals surface area (Å²) < 4.78 is 30.7. The zero-order chi connectivity index (χ0) is 27.4. The number of carbonyl (C=O) groups excluding carboxylic acids is 1. The third kappa shape index (κ3) is 40.7. The lowest BCUT2D eigenvalue weighted by atomic mass is 10.0. The molecule has 0 aromatic rings. The molecule has 0 aromatic heterocycles. The van der Waals surface area contributed by atoms with Crippen molar-refractivity contribution in [1.29, 1.82) is 0 Å². The number of rotatable bonds is 21. The Kier molecular flexibility index (Phi) is 32.7. The van der Waals surface area contributed by atoms with Crippen molar-refractivity contribution in [3.05, 3.63) is 0 Å². The molecule has 0 fully saturated rings. The summed E-state index contributed by atoms with van der Waals surface area (Å²) >= 11 is 0. The fourth-order valence-corrected chi connectivity index (χ4v) is 3.87. The van der Waals surface area contributed by atoms with Crippen molar-refractivity contribution < 1.29 is 27.1 Å². The molecule has 0 saturated carbocycles. The van der Waals surface area contributed by atoms with Crippen LogP contribution in [0.1, 0.15) is 137 Å². The summed E-state index contributed by atoms with van der Waals surface area (Å²) in [7, 11) is -4.17. The second-order valence-electron chi connectivity index (χ2n) is 8.85. The smallest absolute Gasteiger partial charge is 0.379 e. The first kappa shape index (κ1) is 38.8. The zero-order valence-corrected chi connectivity index (χ0v) is 24.3. The molecule has 0 aliphatic carbocycles. The Labute approximate surface area is 217 Å². The van der Waals surface area contributed by atoms with E-state index >= 15 is 0 Å². The maximum atomic E-state index is 10.6. The van der Waals surface area contributed by atoms with Crippen LogP contribution in [0.15, 0.2) is 0 Å². The number of unbranched alkanes of at least 4 members (excludes halogenated alkanes) is 14. The molecule has 0 aliphatic rings. The molecule has 1 amide bonds. The van der Waals surface area contributed by atoms with Crippen molar-refractivity contribution in [2.75, 3.05) is 19.7 Å². The minimum atomic E-state index is -4.17. The number of primary amides is 1. The number of aliphatic hydroxyl groups excluding tert-OH is 1. The highest BCUT2D eigenvalue weighted by Gasteiger charge is 2.02. The lowest BCUT2D eigenvalue weighted by Gasteiger charge is -2.20. The first-order valence-electron chi connectivity index (χ1n) is 13.9. The van der Waals surface area contributed by atoms with Crippen LogP contribution in [0.4, 0.5) is 0 Å². The van der Waals surface area contributed by atoms with Gasteiger partial charge in [0.25, 0.3) is 0 Å². The quantitative estimate of drug-likeness (QED) is 0.0918. The van der Waals surface area contributed by atoms with Crippen LogP contribution in [-0.2, 0) is 19.4 Å². The number of aliphatic hydroxyl groups is 1. The van der Waals surface area contributed by atoms with Gasteiger partial charge in [0, 0.05) is 6.42 Å². The van der Waals surface area contributed by atoms with E-state index in [2.05, 4.69) is 11.1 Å². The van der Waals surface area contributed by atoms with Crippen molar-refractivity contribution in [3.63, 3.8) is 0 Å². The van der Waals surface area contributed by atoms with Gasteiger partial charge in [0.1, 0.15) is 6.23 Å². The molecule has 35 heavy (non-hydrogen) atoms. The SMILES string of the molecule is CCCCCCCCCCCCCCCCCC(N)=O.CCN(CC)C(C)O.CCOS(=O)(=O)O. The molecule has 8 nitrogen and oxygen atoms in total. The maximum absolute atomic E-state index is 10.6. The molecule has 4 N–H and O–H groups in total. The van der Waals surface area contributed by atoms with Crippen LogP contribution >= 0.6 is 0 Å². The second kappa shape index (κ2) is 29.5. The first-order chi connectivity index (χ1) is 16.5. The Morgan fingerprint density at radius 1 is 0.771 bits per heavy atom. The fraction of sp³-hybridized carbons (Fsp3) is 0.962. The van der Waals surface area contributed by atoms with Crippen molar-refractivity contribution >= 4 is 16.3 Å². The third-order valence-corrected chi connectivity index (χ3v) is 6.17. The van der Waals surface area contributed by atoms with Crippen LogP contribution in [0.2, 0.25) is 0 Å². The van der Waals surface area contributed by atoms with Crippen LogP contribution in [0.3, 0.4) is 0 Å². The van der Waals surface area contributed by atoms with Crippen molar-refractivity contribution in [3.8, 4) is 0 Å². The third-order valence-electron chi connectivity index (χ3n) is 5.63. The van der Waals surface area contributed by atoms with E-state index in [0.717, 1.165) is 19.5 Å². The Morgan fingerprint density at radius 2 is 1.11 bits per heavy atom. The molecule has 1 unspecified atom stereocenters. The van der Waals surface area contributed by atoms with Gasteiger partial charge >= 0.3 is 10.4 Å². The lowest BCUT2D eigenvalue weighted by Crippen LogP contribution is -2.32. The molecule has 214 valence electrons. The van der Waals surface area contributed by atoms with Crippen LogP contribution in [0.25, 0.3) is 0 Å². The van der Waals surface area contributed by atoms with Gasteiger partial charge < -0.3 is 10.8 Å². The Morgan fingerprint density at radius 3 is 1.29 bits per heavy atom. The standard InChI is InChI=1S/C18H37NO.C6H15NO.C2H6O4S/c1-2-3-4-5-6-7-8-9-10-11-12-13-14-15-16-17-18(19)20;1-4-7(5-2)6(3)8;1-2-6-7(3,4)5/h2-17H2,1H3,(H2,19,20);6,8H,4-5H2,1-3H3;2H2,1H3,(H,3,4,5). The van der Waals surface area contributed by atoms with Crippen molar-refractivity contribution in [1.82, 2.24) is 4.90 Å². The average molecular weight is 527 g/mol. The summed E-state index contributed by atoms with van der Waals surface area (Å²) in [5, 5.41) is 8.94. The number of hydrogen-bond donors (Lipinski definition) is 3. The van der Waals surface area contributed by atoms with Gasteiger partial charge in [-0.3, -0.25) is 14.2 Å². The van der Waals surface area contributed by atoms with E-state index in [0.29, 0.717) is 6.42 Å². The van der Waals surface area contributed by atoms with Crippen LogP contribution in [0, 0.1) is 0 Å². The highest BCUT2D eigenvalue weighted by Crippen LogP contribution is 2.13. The molecule has 0 heterocycles. The highest BCUT2D eigenvalue weighted by molar-refractivity contribution is 7.80. The monoisotopic (exact) mass is 526 g/mol. The van der Waals surface area contributed by atoms with Crippen molar-refractivity contribution in [2.24, 2.45) is 5.73 Å². The number of carbonyl (C=O) groups is 1. The molecule has 1 atom stereocenters. The molecule has 0 radical (unpaired) electrons. The van der Waals surface area contributed by atoms with Gasteiger partial charge in [-0.2, -0.15) is 8.42 Å². The van der Waals surface area contributed by atoms with E-state index in [9.17, 15) is 13.2 Å². The van der Waals surface area contributed by atoms with Crippen LogP contribution in [0.5, 0.6) is 0 Å². The van der Waals surface area contributed by atoms with Gasteiger partial charge in [-0.05, 0) is 33.4 Å². The average Bonchev–Trinajstić information content (AvgIpc) is 2.77. The summed E-state index contributed by atoms with van der Waals surface area (Å²) in [4.78, 5) is 12.5. The maximum Gasteiger partial charge on any atom is 0.397 e. The minimum Gasteiger partial charge on any atom is -0.379 e. The predicted octanol–water partition coefficient (Wildman–Crippen LogP) is 6.23. The molecule has 0 aliphatic heterocycles. The van der Waals surface area contributed by atoms with Gasteiger partial charge in [0.2, 0.25) is 5.91 Å². The second-order valence-corrected chi connectivity index (χ2v) is 9.94. The predicted molar refractivity (Wildman–Crippen MR) is 147 cm³/mol. The van der Waals surface area contributed by atoms with Gasteiger partial charge in [0.05, 0.1) is 6.61 Å². The van der Waals surface area contributed by atoms with E-state index in [1.165, 1.54) is 96.8 Å². The minimum absolute atomic E-state index is 0.0289. The summed E-state index contributed by atoms with van der Waals surface area (Å²) in [6.07, 6.45) is 20.6. The topological polar surface area (TPSA) is 130 Å². The molecule has 0 saturated heterocycles. The van der Waals surface area contributed by atoms with Crippen LogP contribution in [-0.4, -0.2) is 54.8 Å². The lowest BCUT2D eigenvalue weighted by molar-refractivity contribution is -0.118. The molecule has 0 aromatic carbocycles. The van der Waals surface area contributed by atoms with E-state index in [1.54, 1.807) is 6.92 Å². The van der Waals surface area contributed by atoms with Gasteiger partial charge in [-0.1, -0.05) is 111 Å². The first-order valence-corrected chi connectivity index (χ1v) is 15.2. The molecule has 0 bridgehead atoms. The number of amides is 1. The summed E-state index contributed by atoms with van der Waals surface area (Å²) in [5.74, 6) is -0.153. The Hall–Kier alpha value is -0.740. The number of nitrogens with two attached hydrogens (primary N) is 1. The number of nitrogens with zero attached hydrogens (tertiary/aromatic N) is 1. The van der Waals surface area contributed by atoms with E-state index in [1.807, 2.05) is 18.7 Å². The summed E-state index contributed by atoms with van der Waals surface area (Å²) in [6.45, 7) is 11.4. The fourth-order valence-electron chi connectivity index (χ4n) is 3.57. The van der Waals surface area contributed by atoms with Gasteiger partial charge in [0.15, 0.2) is 0 Å². The number of hydrogen-bond acceptors (Lipinski definition) is 6. The Bertz CT molecular complexity index is 526. The molecular weight excluding hydrogens is 468 g/mol. The highest BCUT2D eigenvalue weighted by atomic mass is 32.3. The van der Waals surface area contributed by atoms with E-state index in [-0.39, 0.29) is 18.7 Å². The molecule has 9 heteroatoms. The summed E-state index contributed by atoms with van der Waals surface area (Å²) in [6, 6.07) is 0. The zero-order valence-electron chi connectivity index (χ0n) is 23.5. The molecule has 0 rings (SSSR count). The molecular formula is C26H58N2O6S. The van der Waals surface area contributed by atoms with Crippen LogP contribution < -0.4 is 5.73 Å². The van der Waals surface area contributed by atoms with E-state index < -0.39 is 10.4 Å². The normalized spacial score (nSPS) is 11.9.